The number of nitrogens with zero attached hydrogens (tertiary/aromatic N) is 1. The summed E-state index contributed by atoms with van der Waals surface area (Å²) in [6.45, 7) is 1.15. The third kappa shape index (κ3) is 5.36. The van der Waals surface area contributed by atoms with Crippen molar-refractivity contribution in [1.29, 1.82) is 0 Å². The first-order valence-electron chi connectivity index (χ1n) is 13.1. The van der Waals surface area contributed by atoms with Crippen molar-refractivity contribution >= 4 is 46.7 Å². The standard InChI is InChI=1S/C29H26N4O5S2/c34-26(16-32-27(35)17-5-3-9-25-22(13-17)38-21-7-1-2-8-24(21)40-25)33-12-4-6-20(33)29(37)31-15-18-14-19-23(39-18)10-11-30-28(19)36/h1-3,5,7-8,13-14,20H,4,6,10-12,15-16H2,(H,30,36)(H,31,37)(H,32,35). The van der Waals surface area contributed by atoms with E-state index in [-0.39, 0.29) is 24.3 Å². The highest BCUT2D eigenvalue weighted by molar-refractivity contribution is 8.03. The molecule has 6 rings (SSSR count). The summed E-state index contributed by atoms with van der Waals surface area (Å²) in [6, 6.07) is 8.88. The van der Waals surface area contributed by atoms with E-state index in [2.05, 4.69) is 21.7 Å². The normalized spacial score (nSPS) is 19.0. The number of carbonyl (C=O) groups excluding carboxylic acids is 4. The third-order valence-corrected chi connectivity index (χ3v) is 9.26. The molecule has 3 N–H and O–H groups in total. The number of hydrogen-bond acceptors (Lipinski definition) is 7. The fraction of sp³-hybridized carbons (Fsp3) is 0.276. The minimum atomic E-state index is -0.594. The number of hydrogen-bond donors (Lipinski definition) is 3. The highest BCUT2D eigenvalue weighted by Gasteiger charge is 2.34. The minimum absolute atomic E-state index is 0.0799. The summed E-state index contributed by atoms with van der Waals surface area (Å²) in [6.07, 6.45) is 6.99. The van der Waals surface area contributed by atoms with E-state index in [1.165, 1.54) is 28.0 Å². The maximum Gasteiger partial charge on any atom is 0.252 e. The van der Waals surface area contributed by atoms with Crippen molar-refractivity contribution in [1.82, 2.24) is 20.9 Å². The summed E-state index contributed by atoms with van der Waals surface area (Å²) in [5.74, 6) is 0.184. The van der Waals surface area contributed by atoms with Gasteiger partial charge in [-0.3, -0.25) is 19.2 Å². The van der Waals surface area contributed by atoms with Crippen molar-refractivity contribution in [3.05, 3.63) is 85.8 Å². The summed E-state index contributed by atoms with van der Waals surface area (Å²) in [4.78, 5) is 56.2. The van der Waals surface area contributed by atoms with E-state index in [1.807, 2.05) is 30.3 Å². The monoisotopic (exact) mass is 574 g/mol. The molecule has 1 saturated heterocycles. The molecule has 4 heterocycles. The molecular formula is C29H26N4O5S2. The average Bonchev–Trinajstić information content (AvgIpc) is 3.57. The molecule has 11 heteroatoms. The number of carbonyl (C=O) groups is 4. The first-order valence-corrected chi connectivity index (χ1v) is 14.7. The smallest absolute Gasteiger partial charge is 0.252 e. The van der Waals surface area contributed by atoms with Gasteiger partial charge in [0.15, 0.2) is 0 Å². The van der Waals surface area contributed by atoms with Crippen LogP contribution in [0, 0.1) is 0 Å². The van der Waals surface area contributed by atoms with Gasteiger partial charge in [-0.25, -0.2) is 0 Å². The summed E-state index contributed by atoms with van der Waals surface area (Å²) in [5.41, 5.74) is 4.16. The van der Waals surface area contributed by atoms with Crippen LogP contribution >= 0.6 is 23.1 Å². The van der Waals surface area contributed by atoms with Crippen LogP contribution in [-0.4, -0.2) is 54.2 Å². The van der Waals surface area contributed by atoms with Crippen molar-refractivity contribution < 1.29 is 23.9 Å². The molecule has 1 fully saturated rings. The van der Waals surface area contributed by atoms with Crippen molar-refractivity contribution in [2.45, 2.75) is 36.7 Å². The van der Waals surface area contributed by atoms with Crippen LogP contribution in [0.2, 0.25) is 0 Å². The molecule has 3 aliphatic heterocycles. The molecule has 204 valence electrons. The van der Waals surface area contributed by atoms with Crippen LogP contribution in [0.25, 0.3) is 0 Å². The molecular weight excluding hydrogens is 548 g/mol. The van der Waals surface area contributed by atoms with Crippen LogP contribution in [0.4, 0.5) is 0 Å². The first-order chi connectivity index (χ1) is 19.5. The van der Waals surface area contributed by atoms with E-state index in [4.69, 9.17) is 4.74 Å². The number of ether oxygens (including phenoxy) is 1. The van der Waals surface area contributed by atoms with Crippen LogP contribution in [0.15, 0.2) is 75.4 Å². The highest BCUT2D eigenvalue weighted by Crippen LogP contribution is 2.43. The van der Waals surface area contributed by atoms with Gasteiger partial charge in [-0.15, -0.1) is 17.1 Å². The summed E-state index contributed by atoms with van der Waals surface area (Å²) in [7, 11) is 0. The molecule has 0 radical (unpaired) electrons. The topological polar surface area (TPSA) is 117 Å². The second kappa shape index (κ2) is 11.2. The van der Waals surface area contributed by atoms with Gasteiger partial charge in [0.2, 0.25) is 11.8 Å². The van der Waals surface area contributed by atoms with E-state index in [1.54, 1.807) is 18.2 Å². The summed E-state index contributed by atoms with van der Waals surface area (Å²) < 4.78 is 5.99. The molecule has 0 spiro atoms. The number of thioether (sulfide) groups is 1. The molecule has 4 amide bonds. The Bertz CT molecular complexity index is 1550. The Labute approximate surface area is 239 Å². The molecule has 0 bridgehead atoms. The van der Waals surface area contributed by atoms with Crippen LogP contribution < -0.4 is 20.7 Å². The fourth-order valence-electron chi connectivity index (χ4n) is 5.00. The Morgan fingerprint density at radius 2 is 2.08 bits per heavy atom. The van der Waals surface area contributed by atoms with E-state index in [0.29, 0.717) is 55.1 Å². The molecule has 1 aromatic carbocycles. The van der Waals surface area contributed by atoms with Gasteiger partial charge in [0.05, 0.1) is 28.5 Å². The zero-order valence-electron chi connectivity index (χ0n) is 21.5. The molecule has 1 atom stereocenters. The number of thiophene rings is 1. The Morgan fingerprint density at radius 3 is 2.95 bits per heavy atom. The predicted octanol–water partition coefficient (Wildman–Crippen LogP) is 2.81. The lowest BCUT2D eigenvalue weighted by Gasteiger charge is -2.24. The largest absolute Gasteiger partial charge is 0.454 e. The van der Waals surface area contributed by atoms with Gasteiger partial charge in [0.25, 0.3) is 11.8 Å². The molecule has 1 aromatic heterocycles. The number of rotatable bonds is 6. The maximum absolute atomic E-state index is 13.0. The number of nitrogens with one attached hydrogen (secondary N) is 3. The quantitative estimate of drug-likeness (QED) is 0.457. The Kier molecular flexibility index (Phi) is 7.34. The molecule has 0 saturated carbocycles. The molecule has 40 heavy (non-hydrogen) atoms. The first kappa shape index (κ1) is 26.2. The number of likely N-dealkylation sites (tertiary alicyclic amines) is 1. The predicted molar refractivity (Wildman–Crippen MR) is 151 cm³/mol. The van der Waals surface area contributed by atoms with Gasteiger partial charge in [-0.2, -0.15) is 0 Å². The summed E-state index contributed by atoms with van der Waals surface area (Å²) >= 11 is 3.04. The third-order valence-electron chi connectivity index (χ3n) is 6.99. The zero-order valence-corrected chi connectivity index (χ0v) is 23.1. The SMILES string of the molecule is O=C(NCC(=O)N1CCCC1C(=O)NCc1cc2c(s1)CCNC2=O)C1=CC=C=C2Sc3ccccc3OC2=C1. The molecule has 2 aromatic rings. The number of para-hydroxylation sites is 1. The number of fused-ring (bicyclic) bond motifs is 3. The van der Waals surface area contributed by atoms with Crippen LogP contribution in [0.5, 0.6) is 5.75 Å². The fourth-order valence-corrected chi connectivity index (χ4v) is 7.01. The van der Waals surface area contributed by atoms with Gasteiger partial charge in [0, 0.05) is 28.4 Å². The van der Waals surface area contributed by atoms with Crippen molar-refractivity contribution in [2.24, 2.45) is 0 Å². The van der Waals surface area contributed by atoms with E-state index in [9.17, 15) is 19.2 Å². The molecule has 1 aliphatic carbocycles. The molecule has 4 aliphatic rings. The Balaban J connectivity index is 1.04. The van der Waals surface area contributed by atoms with Crippen molar-refractivity contribution in [3.8, 4) is 5.75 Å². The summed E-state index contributed by atoms with van der Waals surface area (Å²) in [5, 5.41) is 8.44. The second-order valence-corrected chi connectivity index (χ2v) is 11.9. The van der Waals surface area contributed by atoms with Crippen LogP contribution in [0.1, 0.15) is 33.0 Å². The number of allylic oxidation sites excluding steroid dienone is 1. The second-order valence-electron chi connectivity index (χ2n) is 9.62. The van der Waals surface area contributed by atoms with Gasteiger partial charge < -0.3 is 25.6 Å². The Hall–Kier alpha value is -4.05. The Morgan fingerprint density at radius 1 is 1.20 bits per heavy atom. The van der Waals surface area contributed by atoms with E-state index in [0.717, 1.165) is 26.0 Å². The van der Waals surface area contributed by atoms with E-state index >= 15 is 0 Å². The minimum Gasteiger partial charge on any atom is -0.454 e. The zero-order chi connectivity index (χ0) is 27.6. The van der Waals surface area contributed by atoms with Crippen LogP contribution in [-0.2, 0) is 27.3 Å². The van der Waals surface area contributed by atoms with Crippen molar-refractivity contribution in [2.75, 3.05) is 19.6 Å². The lowest BCUT2D eigenvalue weighted by molar-refractivity contribution is -0.138. The van der Waals surface area contributed by atoms with Gasteiger partial charge >= 0.3 is 0 Å². The molecule has 9 nitrogen and oxygen atoms in total. The number of amides is 4. The lowest BCUT2D eigenvalue weighted by Crippen LogP contribution is -2.48. The molecule has 1 unspecified atom stereocenters. The van der Waals surface area contributed by atoms with Crippen LogP contribution in [0.3, 0.4) is 0 Å². The average molecular weight is 575 g/mol. The van der Waals surface area contributed by atoms with Gasteiger partial charge in [-0.05, 0) is 55.7 Å². The van der Waals surface area contributed by atoms with Gasteiger partial charge in [0.1, 0.15) is 17.6 Å². The number of benzene rings is 1. The van der Waals surface area contributed by atoms with Crippen molar-refractivity contribution in [3.63, 3.8) is 0 Å². The van der Waals surface area contributed by atoms with Gasteiger partial charge in [-0.1, -0.05) is 23.9 Å². The maximum atomic E-state index is 13.0. The highest BCUT2D eigenvalue weighted by atomic mass is 32.2. The van der Waals surface area contributed by atoms with E-state index < -0.39 is 11.9 Å². The lowest BCUT2D eigenvalue weighted by atomic mass is 10.1.